The Morgan fingerprint density at radius 2 is 2.53 bits per heavy atom. The second-order valence-corrected chi connectivity index (χ2v) is 3.37. The first-order valence-corrected chi connectivity index (χ1v) is 4.71. The van der Waals surface area contributed by atoms with Gasteiger partial charge >= 0.3 is 0 Å². The summed E-state index contributed by atoms with van der Waals surface area (Å²) in [5.74, 6) is -0.460. The van der Waals surface area contributed by atoms with E-state index in [1.807, 2.05) is 5.32 Å². The van der Waals surface area contributed by atoms with E-state index in [1.54, 1.807) is 17.6 Å². The van der Waals surface area contributed by atoms with E-state index < -0.39 is 5.91 Å². The Labute approximate surface area is 87.9 Å². The molecule has 0 unspecified atom stereocenters. The Hall–Kier alpha value is -2.27. The zero-order valence-corrected chi connectivity index (χ0v) is 8.10. The van der Waals surface area contributed by atoms with Crippen molar-refractivity contribution in [1.29, 1.82) is 5.26 Å². The Morgan fingerprint density at radius 3 is 3.20 bits per heavy atom. The molecule has 0 saturated carbocycles. The highest BCUT2D eigenvalue weighted by atomic mass is 32.1. The van der Waals surface area contributed by atoms with Gasteiger partial charge in [0.05, 0.1) is 5.69 Å². The van der Waals surface area contributed by atoms with Gasteiger partial charge < -0.3 is 0 Å². The van der Waals surface area contributed by atoms with Gasteiger partial charge in [-0.15, -0.1) is 16.4 Å². The second kappa shape index (κ2) is 3.85. The molecule has 2 rings (SSSR count). The lowest BCUT2D eigenvalue weighted by Gasteiger charge is -1.98. The summed E-state index contributed by atoms with van der Waals surface area (Å²) in [5, 5.41) is 22.7. The van der Waals surface area contributed by atoms with Crippen molar-refractivity contribution < 1.29 is 4.79 Å². The maximum Gasteiger partial charge on any atom is 0.276 e. The van der Waals surface area contributed by atoms with Crippen LogP contribution in [0.25, 0.3) is 5.69 Å². The molecule has 1 amide bonds. The predicted molar refractivity (Wildman–Crippen MR) is 50.1 cm³/mol. The molecule has 0 aliphatic heterocycles. The van der Waals surface area contributed by atoms with Gasteiger partial charge in [-0.05, 0) is 21.9 Å². The molecule has 0 spiro atoms. The molecule has 7 nitrogen and oxygen atoms in total. The number of aromatic nitrogens is 4. The Bertz CT molecular complexity index is 510. The highest BCUT2D eigenvalue weighted by Gasteiger charge is 2.14. The molecule has 0 aliphatic carbocycles. The molecule has 0 bridgehead atoms. The van der Waals surface area contributed by atoms with Crippen LogP contribution in [0.3, 0.4) is 0 Å². The summed E-state index contributed by atoms with van der Waals surface area (Å²) in [7, 11) is 0. The number of tetrazole rings is 1. The monoisotopic (exact) mass is 220 g/mol. The molecule has 0 radical (unpaired) electrons. The SMILES string of the molecule is N#CNC(=O)c1sccc1-n1cnnn1. The minimum atomic E-state index is -0.460. The Kier molecular flexibility index (Phi) is 2.38. The lowest BCUT2D eigenvalue weighted by atomic mass is 10.4. The van der Waals surface area contributed by atoms with Crippen LogP contribution in [0, 0.1) is 11.5 Å². The van der Waals surface area contributed by atoms with Crippen LogP contribution >= 0.6 is 11.3 Å². The molecule has 2 aromatic rings. The van der Waals surface area contributed by atoms with Crippen molar-refractivity contribution in [1.82, 2.24) is 25.5 Å². The molecule has 2 heterocycles. The van der Waals surface area contributed by atoms with Crippen LogP contribution in [0.5, 0.6) is 0 Å². The number of nitrogens with one attached hydrogen (secondary N) is 1. The molecule has 2 aromatic heterocycles. The van der Waals surface area contributed by atoms with Gasteiger partial charge in [0.1, 0.15) is 11.2 Å². The van der Waals surface area contributed by atoms with Crippen molar-refractivity contribution in [2.24, 2.45) is 0 Å². The largest absolute Gasteiger partial charge is 0.276 e. The molecule has 8 heteroatoms. The first kappa shape index (κ1) is 9.29. The van der Waals surface area contributed by atoms with Crippen molar-refractivity contribution in [3.05, 3.63) is 22.7 Å². The third-order valence-corrected chi connectivity index (χ3v) is 2.52. The third kappa shape index (κ3) is 1.68. The fraction of sp³-hybridized carbons (Fsp3) is 0. The van der Waals surface area contributed by atoms with Crippen molar-refractivity contribution in [3.63, 3.8) is 0 Å². The molecular weight excluding hydrogens is 216 g/mol. The highest BCUT2D eigenvalue weighted by molar-refractivity contribution is 7.12. The summed E-state index contributed by atoms with van der Waals surface area (Å²) >= 11 is 1.22. The number of nitrogens with zero attached hydrogens (tertiary/aromatic N) is 5. The van der Waals surface area contributed by atoms with Crippen LogP contribution in [-0.2, 0) is 0 Å². The minimum absolute atomic E-state index is 0.392. The van der Waals surface area contributed by atoms with E-state index in [-0.39, 0.29) is 0 Å². The van der Waals surface area contributed by atoms with Gasteiger partial charge in [0.2, 0.25) is 0 Å². The number of nitriles is 1. The zero-order valence-electron chi connectivity index (χ0n) is 7.28. The van der Waals surface area contributed by atoms with Crippen LogP contribution in [0.1, 0.15) is 9.67 Å². The topological polar surface area (TPSA) is 96.5 Å². The first-order chi connectivity index (χ1) is 7.33. The fourth-order valence-corrected chi connectivity index (χ4v) is 1.81. The maximum atomic E-state index is 11.4. The molecule has 0 aliphatic rings. The van der Waals surface area contributed by atoms with Gasteiger partial charge in [0, 0.05) is 0 Å². The zero-order chi connectivity index (χ0) is 10.7. The molecule has 74 valence electrons. The van der Waals surface area contributed by atoms with E-state index in [0.29, 0.717) is 10.6 Å². The van der Waals surface area contributed by atoms with Crippen molar-refractivity contribution >= 4 is 17.2 Å². The standard InChI is InChI=1S/C7H4N6OS/c8-3-9-7(14)6-5(1-2-15-6)13-4-10-11-12-13/h1-2,4H,(H,9,14). The maximum absolute atomic E-state index is 11.4. The van der Waals surface area contributed by atoms with E-state index in [1.165, 1.54) is 22.3 Å². The summed E-state index contributed by atoms with van der Waals surface area (Å²) in [4.78, 5) is 11.8. The van der Waals surface area contributed by atoms with E-state index in [4.69, 9.17) is 5.26 Å². The quantitative estimate of drug-likeness (QED) is 0.564. The average molecular weight is 220 g/mol. The number of hydrogen-bond acceptors (Lipinski definition) is 6. The summed E-state index contributed by atoms with van der Waals surface area (Å²) in [6.07, 6.45) is 2.95. The van der Waals surface area contributed by atoms with E-state index in [0.717, 1.165) is 0 Å². The predicted octanol–water partition coefficient (Wildman–Crippen LogP) is -0.0653. The normalized spacial score (nSPS) is 9.53. The molecule has 0 atom stereocenters. The number of rotatable bonds is 2. The molecule has 0 aromatic carbocycles. The van der Waals surface area contributed by atoms with Crippen molar-refractivity contribution in [3.8, 4) is 11.9 Å². The number of carbonyl (C=O) groups excluding carboxylic acids is 1. The lowest BCUT2D eigenvalue weighted by Crippen LogP contribution is -2.17. The van der Waals surface area contributed by atoms with Crippen molar-refractivity contribution in [2.45, 2.75) is 0 Å². The summed E-state index contributed by atoms with van der Waals surface area (Å²) in [6.45, 7) is 0. The van der Waals surface area contributed by atoms with Crippen LogP contribution in [0.4, 0.5) is 0 Å². The summed E-state index contributed by atoms with van der Waals surface area (Å²) < 4.78 is 1.36. The molecule has 0 saturated heterocycles. The van der Waals surface area contributed by atoms with E-state index >= 15 is 0 Å². The Morgan fingerprint density at radius 1 is 1.67 bits per heavy atom. The molecule has 0 fully saturated rings. The van der Waals surface area contributed by atoms with Crippen LogP contribution in [0.2, 0.25) is 0 Å². The van der Waals surface area contributed by atoms with Gasteiger partial charge in [-0.3, -0.25) is 10.1 Å². The number of carbonyl (C=O) groups is 1. The number of amides is 1. The average Bonchev–Trinajstić information content (AvgIpc) is 2.88. The van der Waals surface area contributed by atoms with Gasteiger partial charge in [-0.25, -0.2) is 0 Å². The van der Waals surface area contributed by atoms with Gasteiger partial charge in [-0.1, -0.05) is 0 Å². The fourth-order valence-electron chi connectivity index (χ4n) is 1.03. The summed E-state index contributed by atoms with van der Waals surface area (Å²) in [6, 6.07) is 1.70. The Balaban J connectivity index is 2.39. The van der Waals surface area contributed by atoms with Crippen LogP contribution < -0.4 is 5.32 Å². The molecule has 1 N–H and O–H groups in total. The summed E-state index contributed by atoms with van der Waals surface area (Å²) in [5.41, 5.74) is 0.553. The highest BCUT2D eigenvalue weighted by Crippen LogP contribution is 2.19. The van der Waals surface area contributed by atoms with Gasteiger partial charge in [0.25, 0.3) is 5.91 Å². The first-order valence-electron chi connectivity index (χ1n) is 3.83. The van der Waals surface area contributed by atoms with E-state index in [2.05, 4.69) is 15.5 Å². The number of hydrogen-bond donors (Lipinski definition) is 1. The number of thiophene rings is 1. The van der Waals surface area contributed by atoms with Gasteiger partial charge in [0.15, 0.2) is 6.19 Å². The van der Waals surface area contributed by atoms with Crippen molar-refractivity contribution in [2.75, 3.05) is 0 Å². The van der Waals surface area contributed by atoms with Crippen LogP contribution in [0.15, 0.2) is 17.8 Å². The molecular formula is C7H4N6OS. The second-order valence-electron chi connectivity index (χ2n) is 2.46. The van der Waals surface area contributed by atoms with Gasteiger partial charge in [-0.2, -0.15) is 9.94 Å². The smallest absolute Gasteiger partial charge is 0.267 e. The molecule has 15 heavy (non-hydrogen) atoms. The minimum Gasteiger partial charge on any atom is -0.267 e. The van der Waals surface area contributed by atoms with Crippen LogP contribution in [-0.4, -0.2) is 26.1 Å². The lowest BCUT2D eigenvalue weighted by molar-refractivity contribution is 0.0976. The van der Waals surface area contributed by atoms with E-state index in [9.17, 15) is 4.79 Å². The third-order valence-electron chi connectivity index (χ3n) is 1.62.